The second kappa shape index (κ2) is 8.58. The summed E-state index contributed by atoms with van der Waals surface area (Å²) in [6.07, 6.45) is 4.76. The van der Waals surface area contributed by atoms with E-state index in [1.807, 2.05) is 0 Å². The fourth-order valence-corrected chi connectivity index (χ4v) is 3.94. The largest absolute Gasteiger partial charge is 0.372 e. The van der Waals surface area contributed by atoms with Gasteiger partial charge < -0.3 is 15.5 Å². The number of rotatable bonds is 7. The van der Waals surface area contributed by atoms with Crippen LogP contribution in [0.3, 0.4) is 0 Å². The summed E-state index contributed by atoms with van der Waals surface area (Å²) in [6, 6.07) is 6.03. The molecule has 28 heavy (non-hydrogen) atoms. The molecule has 152 valence electrons. The molecule has 1 spiro atoms. The average molecular weight is 390 g/mol. The molecule has 2 aliphatic rings. The molecule has 1 aromatic rings. The molecule has 1 saturated heterocycles. The number of halogens is 1. The van der Waals surface area contributed by atoms with Gasteiger partial charge in [0.15, 0.2) is 0 Å². The van der Waals surface area contributed by atoms with Crippen molar-refractivity contribution in [3.8, 4) is 0 Å². The lowest BCUT2D eigenvalue weighted by Gasteiger charge is -2.30. The van der Waals surface area contributed by atoms with E-state index in [0.29, 0.717) is 38.0 Å². The summed E-state index contributed by atoms with van der Waals surface area (Å²) in [7, 11) is 1.79. The lowest BCUT2D eigenvalue weighted by Crippen LogP contribution is -2.49. The highest BCUT2D eigenvalue weighted by molar-refractivity contribution is 6.09. The maximum absolute atomic E-state index is 13.7. The molecule has 1 aliphatic heterocycles. The number of hydrogen-bond donors (Lipinski definition) is 2. The molecule has 0 radical (unpaired) electrons. The van der Waals surface area contributed by atoms with Crippen molar-refractivity contribution in [2.75, 3.05) is 31.6 Å². The molecule has 2 fully saturated rings. The minimum atomic E-state index is -0.807. The van der Waals surface area contributed by atoms with Crippen LogP contribution in [0.4, 0.5) is 14.9 Å². The van der Waals surface area contributed by atoms with Crippen LogP contribution in [0.2, 0.25) is 0 Å². The lowest BCUT2D eigenvalue weighted by molar-refractivity contribution is -0.135. The predicted molar refractivity (Wildman–Crippen MR) is 103 cm³/mol. The van der Waals surface area contributed by atoms with Gasteiger partial charge in [-0.3, -0.25) is 14.5 Å². The number of imide groups is 1. The molecule has 1 heterocycles. The standard InChI is InChI=1S/C20H27FN4O3/c1-24(16-9-4-3-8-15(16)21)13-7-12-22-17(26)14-25-18(27)20(23-19(25)28)10-5-2-6-11-20/h3-4,8-9H,2,5-7,10-14H2,1H3,(H,22,26)(H,23,28). The number of nitrogens with zero attached hydrogens (tertiary/aromatic N) is 2. The van der Waals surface area contributed by atoms with Gasteiger partial charge in [0.2, 0.25) is 5.91 Å². The van der Waals surface area contributed by atoms with Gasteiger partial charge in [-0.15, -0.1) is 0 Å². The number of benzene rings is 1. The van der Waals surface area contributed by atoms with Crippen LogP contribution in [0.25, 0.3) is 0 Å². The second-order valence-electron chi connectivity index (χ2n) is 7.54. The SMILES string of the molecule is CN(CCCNC(=O)CN1C(=O)NC2(CCCCC2)C1=O)c1ccccc1F. The summed E-state index contributed by atoms with van der Waals surface area (Å²) in [5.41, 5.74) is -0.302. The van der Waals surface area contributed by atoms with Gasteiger partial charge in [-0.25, -0.2) is 9.18 Å². The van der Waals surface area contributed by atoms with Crippen LogP contribution in [0.5, 0.6) is 0 Å². The van der Waals surface area contributed by atoms with Crippen LogP contribution in [-0.4, -0.2) is 55.0 Å². The van der Waals surface area contributed by atoms with Crippen molar-refractivity contribution >= 4 is 23.5 Å². The van der Waals surface area contributed by atoms with Crippen molar-refractivity contribution < 1.29 is 18.8 Å². The highest BCUT2D eigenvalue weighted by atomic mass is 19.1. The Hall–Kier alpha value is -2.64. The topological polar surface area (TPSA) is 81.8 Å². The van der Waals surface area contributed by atoms with Crippen LogP contribution in [0, 0.1) is 5.82 Å². The molecule has 0 atom stereocenters. The van der Waals surface area contributed by atoms with Crippen LogP contribution >= 0.6 is 0 Å². The number of para-hydroxylation sites is 1. The minimum absolute atomic E-state index is 0.268. The number of amides is 4. The third-order valence-electron chi connectivity index (χ3n) is 5.51. The van der Waals surface area contributed by atoms with Gasteiger partial charge in [0.05, 0.1) is 5.69 Å². The molecule has 2 N–H and O–H groups in total. The maximum Gasteiger partial charge on any atom is 0.325 e. The summed E-state index contributed by atoms with van der Waals surface area (Å²) >= 11 is 0. The molecule has 8 heteroatoms. The highest BCUT2D eigenvalue weighted by Crippen LogP contribution is 2.33. The molecule has 1 aromatic carbocycles. The van der Waals surface area contributed by atoms with Crippen molar-refractivity contribution in [3.05, 3.63) is 30.1 Å². The van der Waals surface area contributed by atoms with Crippen LogP contribution in [0.1, 0.15) is 38.5 Å². The zero-order valence-corrected chi connectivity index (χ0v) is 16.2. The zero-order chi connectivity index (χ0) is 20.1. The molecule has 7 nitrogen and oxygen atoms in total. The molecular weight excluding hydrogens is 363 g/mol. The first-order valence-electron chi connectivity index (χ1n) is 9.79. The monoisotopic (exact) mass is 390 g/mol. The third-order valence-corrected chi connectivity index (χ3v) is 5.51. The van der Waals surface area contributed by atoms with E-state index in [9.17, 15) is 18.8 Å². The van der Waals surface area contributed by atoms with Crippen molar-refractivity contribution in [2.45, 2.75) is 44.1 Å². The Morgan fingerprint density at radius 1 is 1.25 bits per heavy atom. The number of nitrogens with one attached hydrogen (secondary N) is 2. The number of anilines is 1. The van der Waals surface area contributed by atoms with Gasteiger partial charge in [-0.1, -0.05) is 31.4 Å². The summed E-state index contributed by atoms with van der Waals surface area (Å²) in [5.74, 6) is -0.944. The van der Waals surface area contributed by atoms with E-state index in [2.05, 4.69) is 10.6 Å². The van der Waals surface area contributed by atoms with Gasteiger partial charge in [0, 0.05) is 20.1 Å². The Bertz CT molecular complexity index is 749. The second-order valence-corrected chi connectivity index (χ2v) is 7.54. The summed E-state index contributed by atoms with van der Waals surface area (Å²) in [6.45, 7) is 0.676. The average Bonchev–Trinajstić information content (AvgIpc) is 2.90. The van der Waals surface area contributed by atoms with Crippen molar-refractivity contribution in [3.63, 3.8) is 0 Å². The number of carbonyl (C=O) groups is 3. The summed E-state index contributed by atoms with van der Waals surface area (Å²) in [4.78, 5) is 39.8. The van der Waals surface area contributed by atoms with Crippen molar-refractivity contribution in [1.29, 1.82) is 0 Å². The number of urea groups is 1. The lowest BCUT2D eigenvalue weighted by atomic mass is 9.82. The van der Waals surface area contributed by atoms with Crippen LogP contribution in [0.15, 0.2) is 24.3 Å². The Morgan fingerprint density at radius 3 is 2.68 bits per heavy atom. The molecule has 0 aromatic heterocycles. The molecule has 0 bridgehead atoms. The molecule has 4 amide bonds. The van der Waals surface area contributed by atoms with E-state index in [-0.39, 0.29) is 24.2 Å². The fraction of sp³-hybridized carbons (Fsp3) is 0.550. The third kappa shape index (κ3) is 4.26. The first kappa shape index (κ1) is 20.1. The molecule has 1 aliphatic carbocycles. The van der Waals surface area contributed by atoms with Crippen molar-refractivity contribution in [2.24, 2.45) is 0 Å². The molecule has 1 saturated carbocycles. The Morgan fingerprint density at radius 2 is 1.96 bits per heavy atom. The van der Waals surface area contributed by atoms with Crippen molar-refractivity contribution in [1.82, 2.24) is 15.5 Å². The molecule has 0 unspecified atom stereocenters. The van der Waals surface area contributed by atoms with E-state index in [1.54, 1.807) is 30.1 Å². The number of carbonyl (C=O) groups excluding carboxylic acids is 3. The van der Waals surface area contributed by atoms with E-state index in [0.717, 1.165) is 24.2 Å². The summed E-state index contributed by atoms with van der Waals surface area (Å²) < 4.78 is 13.7. The fourth-order valence-electron chi connectivity index (χ4n) is 3.94. The van der Waals surface area contributed by atoms with E-state index < -0.39 is 11.6 Å². The van der Waals surface area contributed by atoms with Gasteiger partial charge >= 0.3 is 6.03 Å². The zero-order valence-electron chi connectivity index (χ0n) is 16.2. The van der Waals surface area contributed by atoms with Crippen LogP contribution in [-0.2, 0) is 9.59 Å². The smallest absolute Gasteiger partial charge is 0.325 e. The van der Waals surface area contributed by atoms with E-state index in [1.165, 1.54) is 6.07 Å². The van der Waals surface area contributed by atoms with Gasteiger partial charge in [0.1, 0.15) is 17.9 Å². The Labute approximate surface area is 164 Å². The Balaban J connectivity index is 1.43. The van der Waals surface area contributed by atoms with Crippen LogP contribution < -0.4 is 15.5 Å². The quantitative estimate of drug-likeness (QED) is 0.551. The highest BCUT2D eigenvalue weighted by Gasteiger charge is 2.51. The first-order valence-corrected chi connectivity index (χ1v) is 9.79. The molecule has 3 rings (SSSR count). The first-order chi connectivity index (χ1) is 13.4. The van der Waals surface area contributed by atoms with Gasteiger partial charge in [-0.05, 0) is 31.4 Å². The van der Waals surface area contributed by atoms with Gasteiger partial charge in [0.25, 0.3) is 5.91 Å². The predicted octanol–water partition coefficient (Wildman–Crippen LogP) is 2.02. The van der Waals surface area contributed by atoms with E-state index in [4.69, 9.17) is 0 Å². The maximum atomic E-state index is 13.7. The minimum Gasteiger partial charge on any atom is -0.372 e. The summed E-state index contributed by atoms with van der Waals surface area (Å²) in [5, 5.41) is 5.53. The van der Waals surface area contributed by atoms with E-state index >= 15 is 0 Å². The normalized spacial score (nSPS) is 18.3. The van der Waals surface area contributed by atoms with Gasteiger partial charge in [-0.2, -0.15) is 0 Å². The number of hydrogen-bond acceptors (Lipinski definition) is 4. The Kier molecular flexibility index (Phi) is 6.16. The molecular formula is C20H27FN4O3.